The van der Waals surface area contributed by atoms with Crippen LogP contribution >= 0.6 is 0 Å². The van der Waals surface area contributed by atoms with Gasteiger partial charge in [0.05, 0.1) is 18.5 Å². The fourth-order valence-electron chi connectivity index (χ4n) is 8.08. The Morgan fingerprint density at radius 3 is 2.48 bits per heavy atom. The van der Waals surface area contributed by atoms with Gasteiger partial charge in [-0.1, -0.05) is 31.2 Å². The highest BCUT2D eigenvalue weighted by atomic mass is 28.4. The highest BCUT2D eigenvalue weighted by Crippen LogP contribution is 2.60. The number of halogens is 1. The Balaban J connectivity index is 1.46. The Bertz CT molecular complexity index is 1380. The van der Waals surface area contributed by atoms with Crippen LogP contribution in [0.4, 0.5) is 21.2 Å². The van der Waals surface area contributed by atoms with Gasteiger partial charge in [-0.2, -0.15) is 0 Å². The number of ether oxygens (including phenoxy) is 1. The first kappa shape index (κ1) is 29.0. The van der Waals surface area contributed by atoms with Crippen LogP contribution in [0.25, 0.3) is 0 Å². The van der Waals surface area contributed by atoms with Gasteiger partial charge in [-0.05, 0) is 75.8 Å². The second-order valence-electron chi connectivity index (χ2n) is 12.6. The summed E-state index contributed by atoms with van der Waals surface area (Å²) in [5, 5.41) is 13.2. The lowest BCUT2D eigenvalue weighted by atomic mass is 9.82. The zero-order valence-electron chi connectivity index (χ0n) is 24.7. The fraction of sp³-hybridized carbons (Fsp3) is 0.500. The normalized spacial score (nSPS) is 28.8. The van der Waals surface area contributed by atoms with E-state index < -0.39 is 37.1 Å². The lowest BCUT2D eigenvalue weighted by Crippen LogP contribution is -2.55. The van der Waals surface area contributed by atoms with E-state index in [2.05, 4.69) is 16.8 Å². The number of carbonyl (C=O) groups is 2. The number of amides is 2. The molecule has 224 valence electrons. The summed E-state index contributed by atoms with van der Waals surface area (Å²) >= 11 is 0. The average Bonchev–Trinajstić information content (AvgIpc) is 3.52. The fourth-order valence-corrected chi connectivity index (χ4v) is 10.6. The zero-order valence-corrected chi connectivity index (χ0v) is 25.7. The molecule has 4 atom stereocenters. The number of nitrogens with zero attached hydrogens (tertiary/aromatic N) is 3. The van der Waals surface area contributed by atoms with E-state index in [0.717, 1.165) is 18.8 Å². The molecule has 42 heavy (non-hydrogen) atoms. The molecule has 2 amide bonds. The Hall–Kier alpha value is -3.05. The highest BCUT2D eigenvalue weighted by Gasteiger charge is 2.66. The first-order chi connectivity index (χ1) is 20.1. The molecule has 2 N–H and O–H groups in total. The van der Waals surface area contributed by atoms with Crippen LogP contribution in [0.3, 0.4) is 0 Å². The monoisotopic (exact) mass is 592 g/mol. The minimum absolute atomic E-state index is 0.0443. The van der Waals surface area contributed by atoms with E-state index in [-0.39, 0.29) is 31.4 Å². The first-order valence-corrected chi connectivity index (χ1v) is 18.0. The van der Waals surface area contributed by atoms with Crippen LogP contribution in [0.1, 0.15) is 31.7 Å². The van der Waals surface area contributed by atoms with E-state index in [0.29, 0.717) is 36.4 Å². The summed E-state index contributed by atoms with van der Waals surface area (Å²) in [6.45, 7) is 11.1. The number of aliphatic hydroxyl groups is 1. The molecular weight excluding hydrogens is 551 g/mol. The van der Waals surface area contributed by atoms with Crippen molar-refractivity contribution in [1.29, 1.82) is 0 Å². The second kappa shape index (κ2) is 10.6. The maximum absolute atomic E-state index is 15.9. The highest BCUT2D eigenvalue weighted by molar-refractivity contribution is 6.72. The van der Waals surface area contributed by atoms with Gasteiger partial charge in [0.25, 0.3) is 11.8 Å². The SMILES string of the molecule is C=CCN1C(=O)[C@@]2(O[C@@H](CCO)[C@H]([Si](C)(C)F)[C@H]2C)c2cc(N3CN(c4ccccc4)C4(CCNCC4)C3=O)ccc21. The number of hydrogen-bond donors (Lipinski definition) is 2. The molecule has 2 spiro atoms. The zero-order chi connectivity index (χ0) is 29.9. The number of carbonyl (C=O) groups excluding carboxylic acids is 2. The molecule has 0 unspecified atom stereocenters. The number of para-hydroxylation sites is 1. The molecule has 6 rings (SSSR count). The summed E-state index contributed by atoms with van der Waals surface area (Å²) < 4.78 is 22.5. The molecule has 0 aromatic heterocycles. The van der Waals surface area contributed by atoms with Crippen molar-refractivity contribution in [2.45, 2.75) is 62.1 Å². The van der Waals surface area contributed by atoms with Crippen molar-refractivity contribution in [3.8, 4) is 0 Å². The Morgan fingerprint density at radius 1 is 1.12 bits per heavy atom. The van der Waals surface area contributed by atoms with Crippen molar-refractivity contribution >= 4 is 37.3 Å². The topological polar surface area (TPSA) is 85.3 Å². The summed E-state index contributed by atoms with van der Waals surface area (Å²) in [5.41, 5.74) is 0.508. The second-order valence-corrected chi connectivity index (χ2v) is 16.4. The maximum atomic E-state index is 15.9. The summed E-state index contributed by atoms with van der Waals surface area (Å²) in [7, 11) is -3.30. The quantitative estimate of drug-likeness (QED) is 0.283. The molecule has 8 nitrogen and oxygen atoms in total. The van der Waals surface area contributed by atoms with Crippen molar-refractivity contribution in [1.82, 2.24) is 5.32 Å². The van der Waals surface area contributed by atoms with E-state index in [1.807, 2.05) is 60.4 Å². The Labute approximate surface area is 248 Å². The molecular formula is C32H41FN4O4Si. The Morgan fingerprint density at radius 2 is 1.83 bits per heavy atom. The predicted octanol–water partition coefficient (Wildman–Crippen LogP) is 4.31. The maximum Gasteiger partial charge on any atom is 0.264 e. The van der Waals surface area contributed by atoms with Crippen molar-refractivity contribution in [2.75, 3.05) is 47.6 Å². The molecule has 2 aromatic carbocycles. The molecule has 4 aliphatic heterocycles. The number of anilines is 3. The summed E-state index contributed by atoms with van der Waals surface area (Å²) in [6.07, 6.45) is 2.74. The van der Waals surface area contributed by atoms with Crippen LogP contribution in [0.2, 0.25) is 18.6 Å². The van der Waals surface area contributed by atoms with E-state index >= 15 is 4.11 Å². The molecule has 0 saturated carbocycles. The number of aliphatic hydroxyl groups excluding tert-OH is 1. The van der Waals surface area contributed by atoms with Crippen LogP contribution in [0.5, 0.6) is 0 Å². The lowest BCUT2D eigenvalue weighted by molar-refractivity contribution is -0.146. The number of fused-ring (bicyclic) bond motifs is 2. The molecule has 0 bridgehead atoms. The minimum Gasteiger partial charge on any atom is -0.396 e. The van der Waals surface area contributed by atoms with Gasteiger partial charge in [-0.25, -0.2) is 0 Å². The number of hydrogen-bond acceptors (Lipinski definition) is 6. The van der Waals surface area contributed by atoms with E-state index in [4.69, 9.17) is 4.74 Å². The van der Waals surface area contributed by atoms with Crippen LogP contribution in [-0.2, 0) is 19.9 Å². The molecule has 0 radical (unpaired) electrons. The number of nitrogens with one attached hydrogen (secondary N) is 1. The largest absolute Gasteiger partial charge is 0.396 e. The van der Waals surface area contributed by atoms with Gasteiger partial charge >= 0.3 is 0 Å². The smallest absolute Gasteiger partial charge is 0.264 e. The number of benzene rings is 2. The molecule has 3 saturated heterocycles. The molecule has 3 fully saturated rings. The van der Waals surface area contributed by atoms with Crippen LogP contribution < -0.4 is 20.0 Å². The minimum atomic E-state index is -3.30. The third-order valence-corrected chi connectivity index (χ3v) is 12.4. The van der Waals surface area contributed by atoms with Gasteiger partial charge < -0.3 is 29.1 Å². The molecule has 2 aromatic rings. The molecule has 4 heterocycles. The number of rotatable bonds is 7. The van der Waals surface area contributed by atoms with E-state index in [1.165, 1.54) is 0 Å². The summed E-state index contributed by atoms with van der Waals surface area (Å²) in [5.74, 6) is -0.648. The lowest BCUT2D eigenvalue weighted by Gasteiger charge is -2.39. The standard InChI is InChI=1S/C32H41FN4O4Si/c1-5-18-35-26-12-11-24(20-25(26)32(30(35)40)22(2)28(42(3,4)33)27(41-32)13-19-38)36-21-37(23-9-7-6-8-10-23)31(29(36)39)14-16-34-17-15-31/h5-12,20,22,27-28,34,38H,1,13-19,21H2,2-4H3/t22-,27+,28-,32+/m1/s1. The van der Waals surface area contributed by atoms with Crippen molar-refractivity contribution in [3.63, 3.8) is 0 Å². The van der Waals surface area contributed by atoms with Crippen molar-refractivity contribution in [3.05, 3.63) is 66.7 Å². The molecule has 0 aliphatic carbocycles. The van der Waals surface area contributed by atoms with E-state index in [9.17, 15) is 14.7 Å². The summed E-state index contributed by atoms with van der Waals surface area (Å²) in [6, 6.07) is 15.7. The third kappa shape index (κ3) is 4.17. The van der Waals surface area contributed by atoms with E-state index in [1.54, 1.807) is 24.1 Å². The molecule has 10 heteroatoms. The summed E-state index contributed by atoms with van der Waals surface area (Å²) in [4.78, 5) is 34.3. The van der Waals surface area contributed by atoms with Crippen molar-refractivity contribution < 1.29 is 23.5 Å². The predicted molar refractivity (Wildman–Crippen MR) is 165 cm³/mol. The van der Waals surface area contributed by atoms with Gasteiger partial charge in [0, 0.05) is 41.5 Å². The van der Waals surface area contributed by atoms with Gasteiger partial charge in [0.15, 0.2) is 5.60 Å². The average molecular weight is 593 g/mol. The first-order valence-electron chi connectivity index (χ1n) is 15.0. The van der Waals surface area contributed by atoms with Crippen LogP contribution in [0.15, 0.2) is 61.2 Å². The number of piperidine rings is 1. The third-order valence-electron chi connectivity index (χ3n) is 9.92. The van der Waals surface area contributed by atoms with Crippen LogP contribution in [0, 0.1) is 5.92 Å². The van der Waals surface area contributed by atoms with Gasteiger partial charge in [0.1, 0.15) is 5.54 Å². The van der Waals surface area contributed by atoms with Gasteiger partial charge in [-0.15, -0.1) is 6.58 Å². The Kier molecular flexibility index (Phi) is 7.32. The van der Waals surface area contributed by atoms with Gasteiger partial charge in [0.2, 0.25) is 8.41 Å². The molecule has 4 aliphatic rings. The van der Waals surface area contributed by atoms with Gasteiger partial charge in [-0.3, -0.25) is 14.5 Å². The van der Waals surface area contributed by atoms with Crippen molar-refractivity contribution in [2.24, 2.45) is 5.92 Å². The van der Waals surface area contributed by atoms with Crippen LogP contribution in [-0.4, -0.2) is 69.9 Å².